The van der Waals surface area contributed by atoms with Gasteiger partial charge in [-0.3, -0.25) is 9.36 Å². The van der Waals surface area contributed by atoms with Crippen LogP contribution in [0.1, 0.15) is 42.4 Å². The van der Waals surface area contributed by atoms with Gasteiger partial charge >= 0.3 is 0 Å². The van der Waals surface area contributed by atoms with Gasteiger partial charge in [-0.1, -0.05) is 19.9 Å². The Morgan fingerprint density at radius 1 is 0.950 bits per heavy atom. The quantitative estimate of drug-likeness (QED) is 0.255. The summed E-state index contributed by atoms with van der Waals surface area (Å²) >= 11 is 0. The van der Waals surface area contributed by atoms with E-state index in [9.17, 15) is 18.7 Å². The number of hydrogen-bond donors (Lipinski definition) is 2. The highest BCUT2D eigenvalue weighted by Gasteiger charge is 2.26. The van der Waals surface area contributed by atoms with Crippen molar-refractivity contribution in [1.82, 2.24) is 19.7 Å². The minimum atomic E-state index is -0.677. The second-order valence-corrected chi connectivity index (χ2v) is 10.4. The molecule has 0 saturated carbocycles. The predicted octanol–water partition coefficient (Wildman–Crippen LogP) is 6.01. The SMILES string of the molecule is Cc1ccc(-c2ccc3c(=O)n(-c4ccc(O)c(C)c4N)c(C(Cc4cc(F)cc(F)c4)C(C)C)nc3c2)nn1. The number of fused-ring (bicyclic) bond motifs is 1. The summed E-state index contributed by atoms with van der Waals surface area (Å²) in [6.07, 6.45) is 0.227. The number of nitrogens with two attached hydrogens (primary N) is 1. The number of aromatic nitrogens is 4. The zero-order valence-corrected chi connectivity index (χ0v) is 22.6. The Morgan fingerprint density at radius 3 is 2.33 bits per heavy atom. The van der Waals surface area contributed by atoms with Crippen LogP contribution in [0.3, 0.4) is 0 Å². The van der Waals surface area contributed by atoms with Gasteiger partial charge < -0.3 is 10.8 Å². The van der Waals surface area contributed by atoms with E-state index < -0.39 is 17.6 Å². The minimum absolute atomic E-state index is 0.00379. The van der Waals surface area contributed by atoms with Crippen LogP contribution in [0.25, 0.3) is 27.8 Å². The van der Waals surface area contributed by atoms with Gasteiger partial charge in [-0.2, -0.15) is 10.2 Å². The van der Waals surface area contributed by atoms with E-state index in [-0.39, 0.29) is 29.3 Å². The third kappa shape index (κ3) is 5.02. The molecule has 0 aliphatic carbocycles. The lowest BCUT2D eigenvalue weighted by atomic mass is 9.87. The van der Waals surface area contributed by atoms with E-state index >= 15 is 0 Å². The van der Waals surface area contributed by atoms with E-state index in [2.05, 4.69) is 10.2 Å². The molecular formula is C31H29F2N5O2. The molecule has 1 unspecified atom stereocenters. The molecule has 0 aliphatic rings. The molecule has 0 spiro atoms. The fourth-order valence-corrected chi connectivity index (χ4v) is 4.90. The van der Waals surface area contributed by atoms with Gasteiger partial charge in [0.05, 0.1) is 33.7 Å². The summed E-state index contributed by atoms with van der Waals surface area (Å²) in [6, 6.07) is 15.4. The molecule has 204 valence electrons. The van der Waals surface area contributed by atoms with Gasteiger partial charge in [-0.25, -0.2) is 13.8 Å². The number of hydrogen-bond acceptors (Lipinski definition) is 6. The highest BCUT2D eigenvalue weighted by molar-refractivity contribution is 5.83. The molecule has 0 fully saturated rings. The Labute approximate surface area is 230 Å². The monoisotopic (exact) mass is 541 g/mol. The average molecular weight is 542 g/mol. The first-order valence-electron chi connectivity index (χ1n) is 12.9. The van der Waals surface area contributed by atoms with Crippen LogP contribution < -0.4 is 11.3 Å². The summed E-state index contributed by atoms with van der Waals surface area (Å²) < 4.78 is 29.7. The molecule has 0 aliphatic heterocycles. The number of phenols is 1. The Bertz CT molecular complexity index is 1780. The molecule has 0 bridgehead atoms. The van der Waals surface area contributed by atoms with Crippen molar-refractivity contribution < 1.29 is 13.9 Å². The van der Waals surface area contributed by atoms with E-state index in [0.29, 0.717) is 39.2 Å². The number of halogens is 2. The molecule has 0 radical (unpaired) electrons. The highest BCUT2D eigenvalue weighted by Crippen LogP contribution is 2.34. The number of anilines is 1. The number of aryl methyl sites for hydroxylation is 1. The normalized spacial score (nSPS) is 12.3. The molecular weight excluding hydrogens is 512 g/mol. The summed E-state index contributed by atoms with van der Waals surface area (Å²) in [4.78, 5) is 19.1. The first-order valence-corrected chi connectivity index (χ1v) is 12.9. The summed E-state index contributed by atoms with van der Waals surface area (Å²) in [7, 11) is 0. The van der Waals surface area contributed by atoms with Crippen molar-refractivity contribution in [1.29, 1.82) is 0 Å². The van der Waals surface area contributed by atoms with Crippen LogP contribution in [-0.2, 0) is 6.42 Å². The largest absolute Gasteiger partial charge is 0.508 e. The number of rotatable bonds is 6. The molecule has 5 aromatic rings. The van der Waals surface area contributed by atoms with Gasteiger partial charge in [0.15, 0.2) is 0 Å². The maximum atomic E-state index is 14.1. The summed E-state index contributed by atoms with van der Waals surface area (Å²) in [6.45, 7) is 7.44. The van der Waals surface area contributed by atoms with E-state index in [4.69, 9.17) is 10.7 Å². The number of nitrogens with zero attached hydrogens (tertiary/aromatic N) is 4. The molecule has 5 rings (SSSR count). The van der Waals surface area contributed by atoms with Crippen molar-refractivity contribution in [3.05, 3.63) is 105 Å². The Balaban J connectivity index is 1.79. The number of aromatic hydroxyl groups is 1. The van der Waals surface area contributed by atoms with Gasteiger partial charge in [0.2, 0.25) is 0 Å². The first-order chi connectivity index (χ1) is 19.0. The fourth-order valence-electron chi connectivity index (χ4n) is 4.90. The first kappa shape index (κ1) is 26.9. The zero-order chi connectivity index (χ0) is 28.7. The second kappa shape index (κ2) is 10.5. The zero-order valence-electron chi connectivity index (χ0n) is 22.6. The molecule has 0 amide bonds. The van der Waals surface area contributed by atoms with Crippen molar-refractivity contribution in [2.24, 2.45) is 5.92 Å². The fraction of sp³-hybridized carbons (Fsp3) is 0.226. The molecule has 3 aromatic carbocycles. The average Bonchev–Trinajstić information content (AvgIpc) is 2.90. The van der Waals surface area contributed by atoms with Crippen LogP contribution >= 0.6 is 0 Å². The van der Waals surface area contributed by atoms with Crippen LogP contribution in [0.4, 0.5) is 14.5 Å². The molecule has 0 saturated heterocycles. The molecule has 40 heavy (non-hydrogen) atoms. The van der Waals surface area contributed by atoms with Crippen molar-refractivity contribution in [2.45, 2.75) is 40.0 Å². The highest BCUT2D eigenvalue weighted by atomic mass is 19.1. The smallest absolute Gasteiger partial charge is 0.266 e. The maximum Gasteiger partial charge on any atom is 0.266 e. The van der Waals surface area contributed by atoms with Crippen molar-refractivity contribution in [3.63, 3.8) is 0 Å². The van der Waals surface area contributed by atoms with Crippen LogP contribution in [0.5, 0.6) is 5.75 Å². The van der Waals surface area contributed by atoms with E-state index in [1.807, 2.05) is 32.9 Å². The Morgan fingerprint density at radius 2 is 1.68 bits per heavy atom. The molecule has 2 aromatic heterocycles. The lowest BCUT2D eigenvalue weighted by Crippen LogP contribution is -2.29. The van der Waals surface area contributed by atoms with E-state index in [1.165, 1.54) is 22.8 Å². The Kier molecular flexibility index (Phi) is 7.06. The standard InChI is InChI=1S/C31H29F2N5O2/c1-16(2)24(13-19-11-21(32)15-22(33)12-19)30-35-26-14-20(25-8-5-17(3)36-37-25)6-7-23(26)31(40)38(30)27-9-10-28(39)18(4)29(27)34/h5-12,14-16,24,39H,13,34H2,1-4H3. The van der Waals surface area contributed by atoms with Crippen molar-refractivity contribution in [2.75, 3.05) is 5.73 Å². The number of phenolic OH excluding ortho intramolecular Hbond substituents is 1. The van der Waals surface area contributed by atoms with Gasteiger partial charge in [0.1, 0.15) is 23.2 Å². The summed E-state index contributed by atoms with van der Waals surface area (Å²) in [5.41, 5.74) is 10.1. The third-order valence-electron chi connectivity index (χ3n) is 7.21. The van der Waals surface area contributed by atoms with Gasteiger partial charge in [0, 0.05) is 23.1 Å². The van der Waals surface area contributed by atoms with Crippen LogP contribution in [-0.4, -0.2) is 24.9 Å². The van der Waals surface area contributed by atoms with Crippen LogP contribution in [0.15, 0.2) is 65.5 Å². The van der Waals surface area contributed by atoms with Crippen molar-refractivity contribution in [3.8, 4) is 22.7 Å². The lowest BCUT2D eigenvalue weighted by Gasteiger charge is -2.26. The van der Waals surface area contributed by atoms with Gasteiger partial charge in [-0.05, 0) is 80.3 Å². The van der Waals surface area contributed by atoms with E-state index in [0.717, 1.165) is 17.3 Å². The van der Waals surface area contributed by atoms with Gasteiger partial charge in [-0.15, -0.1) is 0 Å². The molecule has 9 heteroatoms. The summed E-state index contributed by atoms with van der Waals surface area (Å²) in [5.74, 6) is -1.46. The van der Waals surface area contributed by atoms with Gasteiger partial charge in [0.25, 0.3) is 5.56 Å². The summed E-state index contributed by atoms with van der Waals surface area (Å²) in [5, 5.41) is 19.0. The maximum absolute atomic E-state index is 14.1. The molecule has 3 N–H and O–H groups in total. The van der Waals surface area contributed by atoms with Crippen LogP contribution in [0, 0.1) is 31.4 Å². The number of nitrogen functional groups attached to an aromatic ring is 1. The minimum Gasteiger partial charge on any atom is -0.508 e. The topological polar surface area (TPSA) is 107 Å². The lowest BCUT2D eigenvalue weighted by molar-refractivity contribution is 0.460. The third-order valence-corrected chi connectivity index (χ3v) is 7.21. The number of benzene rings is 3. The van der Waals surface area contributed by atoms with E-state index in [1.54, 1.807) is 31.2 Å². The van der Waals surface area contributed by atoms with Crippen molar-refractivity contribution >= 4 is 16.6 Å². The molecule has 7 nitrogen and oxygen atoms in total. The molecule has 2 heterocycles. The second-order valence-electron chi connectivity index (χ2n) is 10.4. The van der Waals surface area contributed by atoms with Crippen LogP contribution in [0.2, 0.25) is 0 Å². The molecule has 1 atom stereocenters. The predicted molar refractivity (Wildman–Crippen MR) is 152 cm³/mol. The Hall–Kier alpha value is -4.66.